The van der Waals surface area contributed by atoms with Gasteiger partial charge in [-0.05, 0) is 31.2 Å². The Morgan fingerprint density at radius 2 is 1.34 bits per heavy atom. The molecule has 0 unspecified atom stereocenters. The predicted octanol–water partition coefficient (Wildman–Crippen LogP) is 4.21. The number of hydrogen-bond acceptors (Lipinski definition) is 10. The number of aromatic nitrogens is 2. The largest absolute Gasteiger partial charge is 0.497 e. The van der Waals surface area contributed by atoms with Gasteiger partial charge in [0.05, 0.1) is 44.7 Å². The lowest BCUT2D eigenvalue weighted by molar-refractivity contribution is -0.385. The molecule has 0 aliphatic rings. The van der Waals surface area contributed by atoms with E-state index in [2.05, 4.69) is 20.6 Å². The fourth-order valence-corrected chi connectivity index (χ4v) is 2.98. The number of methoxy groups -OCH3 is 4. The molecule has 1 heterocycles. The van der Waals surface area contributed by atoms with Crippen molar-refractivity contribution in [1.82, 2.24) is 9.97 Å². The summed E-state index contributed by atoms with van der Waals surface area (Å²) in [5.41, 5.74) is 0.960. The van der Waals surface area contributed by atoms with E-state index in [1.807, 2.05) is 0 Å². The van der Waals surface area contributed by atoms with Crippen LogP contribution in [0.3, 0.4) is 0 Å². The second kappa shape index (κ2) is 9.69. The maximum absolute atomic E-state index is 11.7. The minimum absolute atomic E-state index is 0.000875. The molecule has 1 aromatic heterocycles. The topological polar surface area (TPSA) is 130 Å². The van der Waals surface area contributed by atoms with E-state index in [9.17, 15) is 10.1 Å². The van der Waals surface area contributed by atoms with Crippen molar-refractivity contribution >= 4 is 28.8 Å². The molecule has 168 valence electrons. The summed E-state index contributed by atoms with van der Waals surface area (Å²) in [6.45, 7) is 1.53. The Kier molecular flexibility index (Phi) is 6.78. The monoisotopic (exact) mass is 441 g/mol. The first-order chi connectivity index (χ1) is 15.4. The van der Waals surface area contributed by atoms with Crippen molar-refractivity contribution in [2.45, 2.75) is 6.92 Å². The number of benzene rings is 2. The zero-order valence-corrected chi connectivity index (χ0v) is 18.3. The van der Waals surface area contributed by atoms with Crippen LogP contribution < -0.4 is 29.6 Å². The van der Waals surface area contributed by atoms with E-state index < -0.39 is 4.92 Å². The van der Waals surface area contributed by atoms with Gasteiger partial charge in [-0.25, -0.2) is 4.98 Å². The van der Waals surface area contributed by atoms with Gasteiger partial charge in [-0.3, -0.25) is 10.1 Å². The third kappa shape index (κ3) is 4.72. The maximum atomic E-state index is 11.7. The number of aryl methyl sites for hydroxylation is 1. The Balaban J connectivity index is 2.03. The maximum Gasteiger partial charge on any atom is 0.332 e. The highest BCUT2D eigenvalue weighted by Crippen LogP contribution is 2.36. The molecule has 0 atom stereocenters. The lowest BCUT2D eigenvalue weighted by Gasteiger charge is -2.15. The van der Waals surface area contributed by atoms with Gasteiger partial charge >= 0.3 is 5.69 Å². The van der Waals surface area contributed by atoms with E-state index in [-0.39, 0.29) is 23.1 Å². The average molecular weight is 441 g/mol. The van der Waals surface area contributed by atoms with Crippen LogP contribution in [-0.4, -0.2) is 43.3 Å². The Labute approximate surface area is 184 Å². The van der Waals surface area contributed by atoms with Gasteiger partial charge in [0.15, 0.2) is 0 Å². The molecule has 3 rings (SSSR count). The van der Waals surface area contributed by atoms with Crippen LogP contribution in [0, 0.1) is 17.0 Å². The summed E-state index contributed by atoms with van der Waals surface area (Å²) in [4.78, 5) is 19.7. The third-order valence-electron chi connectivity index (χ3n) is 4.56. The molecule has 3 aromatic rings. The molecule has 2 aromatic carbocycles. The van der Waals surface area contributed by atoms with Crippen molar-refractivity contribution in [2.24, 2.45) is 0 Å². The van der Waals surface area contributed by atoms with Crippen LogP contribution in [0.25, 0.3) is 0 Å². The minimum Gasteiger partial charge on any atom is -0.497 e. The van der Waals surface area contributed by atoms with Crippen LogP contribution in [0.5, 0.6) is 23.0 Å². The molecule has 11 heteroatoms. The highest BCUT2D eigenvalue weighted by atomic mass is 16.6. The quantitative estimate of drug-likeness (QED) is 0.368. The van der Waals surface area contributed by atoms with Crippen LogP contribution in [0.1, 0.15) is 5.69 Å². The van der Waals surface area contributed by atoms with Crippen molar-refractivity contribution in [1.29, 1.82) is 0 Å². The molecule has 0 radical (unpaired) electrons. The summed E-state index contributed by atoms with van der Waals surface area (Å²) >= 11 is 0. The molecular formula is C21H23N5O6. The molecule has 0 saturated heterocycles. The Hall–Kier alpha value is -4.28. The van der Waals surface area contributed by atoms with Crippen LogP contribution in [0.4, 0.5) is 28.8 Å². The molecule has 2 N–H and O–H groups in total. The fraction of sp³-hybridized carbons (Fsp3) is 0.238. The molecule has 0 amide bonds. The van der Waals surface area contributed by atoms with Gasteiger partial charge in [-0.1, -0.05) is 0 Å². The number of anilines is 4. The summed E-state index contributed by atoms with van der Waals surface area (Å²) in [5.74, 6) is 2.26. The SMILES string of the molecule is COc1ccc(Nc2nc(C)c([N+](=O)[O-])c(Nc3ccc(OC)cc3OC)n2)c(OC)c1. The standard InChI is InChI=1S/C21H23N5O6/c1-12-19(26(27)28)20(23-15-8-6-13(29-2)10-17(15)31-4)25-21(22-12)24-16-9-7-14(30-3)11-18(16)32-5/h6-11H,1-5H3,(H2,22,23,24,25). The number of nitrogens with zero attached hydrogens (tertiary/aromatic N) is 3. The first kappa shape index (κ1) is 22.4. The van der Waals surface area contributed by atoms with Crippen molar-refractivity contribution in [3.63, 3.8) is 0 Å². The van der Waals surface area contributed by atoms with Gasteiger partial charge in [0.2, 0.25) is 11.8 Å². The van der Waals surface area contributed by atoms with Crippen LogP contribution in [0.15, 0.2) is 36.4 Å². The Bertz CT molecular complexity index is 1140. The van der Waals surface area contributed by atoms with Gasteiger partial charge in [-0.15, -0.1) is 0 Å². The van der Waals surface area contributed by atoms with E-state index in [0.29, 0.717) is 34.4 Å². The van der Waals surface area contributed by atoms with Gasteiger partial charge in [-0.2, -0.15) is 4.98 Å². The summed E-state index contributed by atoms with van der Waals surface area (Å²) < 4.78 is 21.1. The van der Waals surface area contributed by atoms with Gasteiger partial charge in [0, 0.05) is 12.1 Å². The Morgan fingerprint density at radius 3 is 1.81 bits per heavy atom. The van der Waals surface area contributed by atoms with Crippen molar-refractivity contribution < 1.29 is 23.9 Å². The van der Waals surface area contributed by atoms with Gasteiger partial charge < -0.3 is 29.6 Å². The zero-order valence-electron chi connectivity index (χ0n) is 18.3. The summed E-state index contributed by atoms with van der Waals surface area (Å²) in [5, 5.41) is 17.7. The van der Waals surface area contributed by atoms with Gasteiger partial charge in [0.1, 0.15) is 28.7 Å². The van der Waals surface area contributed by atoms with Crippen molar-refractivity contribution in [3.8, 4) is 23.0 Å². The average Bonchev–Trinajstić information content (AvgIpc) is 2.79. The molecule has 0 fully saturated rings. The predicted molar refractivity (Wildman–Crippen MR) is 119 cm³/mol. The van der Waals surface area contributed by atoms with E-state index in [0.717, 1.165) is 0 Å². The lowest BCUT2D eigenvalue weighted by Crippen LogP contribution is -2.08. The zero-order chi connectivity index (χ0) is 23.3. The third-order valence-corrected chi connectivity index (χ3v) is 4.56. The van der Waals surface area contributed by atoms with Crippen molar-refractivity contribution in [3.05, 3.63) is 52.2 Å². The van der Waals surface area contributed by atoms with E-state index in [4.69, 9.17) is 18.9 Å². The fourth-order valence-electron chi connectivity index (χ4n) is 2.98. The molecule has 32 heavy (non-hydrogen) atoms. The van der Waals surface area contributed by atoms with Crippen LogP contribution in [0.2, 0.25) is 0 Å². The second-order valence-corrected chi connectivity index (χ2v) is 6.47. The number of ether oxygens (including phenoxy) is 4. The summed E-state index contributed by atoms with van der Waals surface area (Å²) in [6.07, 6.45) is 0. The molecule has 11 nitrogen and oxygen atoms in total. The van der Waals surface area contributed by atoms with Crippen molar-refractivity contribution in [2.75, 3.05) is 39.1 Å². The number of rotatable bonds is 9. The first-order valence-corrected chi connectivity index (χ1v) is 9.41. The highest BCUT2D eigenvalue weighted by molar-refractivity contribution is 5.74. The van der Waals surface area contributed by atoms with E-state index in [1.165, 1.54) is 28.3 Å². The first-order valence-electron chi connectivity index (χ1n) is 9.41. The normalized spacial score (nSPS) is 10.3. The van der Waals surface area contributed by atoms with Crippen LogP contribution >= 0.6 is 0 Å². The lowest BCUT2D eigenvalue weighted by atomic mass is 10.2. The molecule has 0 aliphatic heterocycles. The van der Waals surface area contributed by atoms with Crippen LogP contribution in [-0.2, 0) is 0 Å². The second-order valence-electron chi connectivity index (χ2n) is 6.47. The smallest absolute Gasteiger partial charge is 0.332 e. The molecular weight excluding hydrogens is 418 g/mol. The van der Waals surface area contributed by atoms with E-state index in [1.54, 1.807) is 43.5 Å². The summed E-state index contributed by atoms with van der Waals surface area (Å²) in [6, 6.07) is 10.2. The number of nitro groups is 1. The Morgan fingerprint density at radius 1 is 0.812 bits per heavy atom. The number of hydrogen-bond donors (Lipinski definition) is 2. The molecule has 0 spiro atoms. The van der Waals surface area contributed by atoms with Gasteiger partial charge in [0.25, 0.3) is 0 Å². The highest BCUT2D eigenvalue weighted by Gasteiger charge is 2.24. The molecule has 0 aliphatic carbocycles. The minimum atomic E-state index is -0.536. The molecule has 0 saturated carbocycles. The summed E-state index contributed by atoms with van der Waals surface area (Å²) in [7, 11) is 6.09. The van der Waals surface area contributed by atoms with E-state index >= 15 is 0 Å². The number of nitrogens with one attached hydrogen (secondary N) is 2. The molecule has 0 bridgehead atoms.